The highest BCUT2D eigenvalue weighted by Crippen LogP contribution is 2.05. The van der Waals surface area contributed by atoms with E-state index in [1.165, 1.54) is 0 Å². The molecule has 0 aliphatic heterocycles. The van der Waals surface area contributed by atoms with Crippen LogP contribution in [0.2, 0.25) is 0 Å². The van der Waals surface area contributed by atoms with E-state index >= 15 is 0 Å². The third kappa shape index (κ3) is 9.70. The Kier molecular flexibility index (Phi) is 9.64. The van der Waals surface area contributed by atoms with E-state index < -0.39 is 0 Å². The summed E-state index contributed by atoms with van der Waals surface area (Å²) in [7, 11) is 1.72. The van der Waals surface area contributed by atoms with Gasteiger partial charge in [-0.05, 0) is 48.5 Å². The van der Waals surface area contributed by atoms with Crippen LogP contribution >= 0.6 is 0 Å². The average molecular weight is 288 g/mol. The highest BCUT2D eigenvalue weighted by atomic mass is 16.5. The first-order valence-corrected chi connectivity index (χ1v) is 7.78. The fraction of sp³-hybridized carbons (Fsp3) is 1.00. The summed E-state index contributed by atoms with van der Waals surface area (Å²) in [5.41, 5.74) is 0.108. The zero-order chi connectivity index (χ0) is 15.8. The van der Waals surface area contributed by atoms with Gasteiger partial charge in [-0.1, -0.05) is 0 Å². The van der Waals surface area contributed by atoms with Crippen molar-refractivity contribution < 1.29 is 9.47 Å². The van der Waals surface area contributed by atoms with Crippen LogP contribution in [0.5, 0.6) is 0 Å². The molecule has 0 saturated carbocycles. The number of hydrogen-bond donors (Lipinski definition) is 1. The van der Waals surface area contributed by atoms with E-state index in [2.05, 4.69) is 58.7 Å². The first-order chi connectivity index (χ1) is 9.17. The van der Waals surface area contributed by atoms with E-state index in [-0.39, 0.29) is 11.6 Å². The Balaban J connectivity index is 4.13. The molecule has 1 unspecified atom stereocenters. The summed E-state index contributed by atoms with van der Waals surface area (Å²) in [5.74, 6) is 0. The van der Waals surface area contributed by atoms with Crippen LogP contribution in [0.15, 0.2) is 0 Å². The van der Waals surface area contributed by atoms with Gasteiger partial charge in [0.05, 0.1) is 19.3 Å². The van der Waals surface area contributed by atoms with Crippen LogP contribution in [0.4, 0.5) is 0 Å². The van der Waals surface area contributed by atoms with Crippen molar-refractivity contribution >= 4 is 0 Å². The summed E-state index contributed by atoms with van der Waals surface area (Å²) in [4.78, 5) is 2.45. The largest absolute Gasteiger partial charge is 0.382 e. The SMILES string of the molecule is COCC(CNC(C)(C)C)OCCN(C(C)C)C(C)C. The predicted octanol–water partition coefficient (Wildman–Crippen LogP) is 2.52. The lowest BCUT2D eigenvalue weighted by Crippen LogP contribution is -2.44. The van der Waals surface area contributed by atoms with Crippen LogP contribution in [0.3, 0.4) is 0 Å². The number of methoxy groups -OCH3 is 1. The number of nitrogens with one attached hydrogen (secondary N) is 1. The van der Waals surface area contributed by atoms with Gasteiger partial charge in [-0.25, -0.2) is 0 Å². The summed E-state index contributed by atoms with van der Waals surface area (Å²) in [5, 5.41) is 3.47. The van der Waals surface area contributed by atoms with Crippen LogP contribution < -0.4 is 5.32 Å². The number of rotatable bonds is 10. The molecule has 0 bridgehead atoms. The second-order valence-corrected chi connectivity index (χ2v) is 7.00. The Morgan fingerprint density at radius 2 is 1.60 bits per heavy atom. The minimum Gasteiger partial charge on any atom is -0.382 e. The molecule has 1 atom stereocenters. The molecule has 0 amide bonds. The molecule has 0 radical (unpaired) electrons. The van der Waals surface area contributed by atoms with Gasteiger partial charge in [-0.3, -0.25) is 4.90 Å². The lowest BCUT2D eigenvalue weighted by Gasteiger charge is -2.31. The van der Waals surface area contributed by atoms with Gasteiger partial charge in [0.25, 0.3) is 0 Å². The molecular weight excluding hydrogens is 252 g/mol. The summed E-state index contributed by atoms with van der Waals surface area (Å²) in [6.07, 6.45) is 0.111. The first-order valence-electron chi connectivity index (χ1n) is 7.78. The molecular formula is C16H36N2O2. The molecule has 0 saturated heterocycles. The van der Waals surface area contributed by atoms with Crippen LogP contribution in [0.25, 0.3) is 0 Å². The fourth-order valence-corrected chi connectivity index (χ4v) is 2.21. The Morgan fingerprint density at radius 3 is 2.00 bits per heavy atom. The Labute approximate surface area is 126 Å². The van der Waals surface area contributed by atoms with E-state index in [4.69, 9.17) is 9.47 Å². The number of hydrogen-bond acceptors (Lipinski definition) is 4. The van der Waals surface area contributed by atoms with Crippen molar-refractivity contribution in [3.8, 4) is 0 Å². The Hall–Kier alpha value is -0.160. The molecule has 0 rings (SSSR count). The Bertz CT molecular complexity index is 229. The molecule has 0 spiro atoms. The van der Waals surface area contributed by atoms with Gasteiger partial charge in [0.2, 0.25) is 0 Å². The van der Waals surface area contributed by atoms with E-state index in [0.717, 1.165) is 19.7 Å². The van der Waals surface area contributed by atoms with Crippen molar-refractivity contribution in [3.63, 3.8) is 0 Å². The molecule has 4 heteroatoms. The molecule has 0 heterocycles. The van der Waals surface area contributed by atoms with Gasteiger partial charge in [-0.2, -0.15) is 0 Å². The monoisotopic (exact) mass is 288 g/mol. The molecule has 122 valence electrons. The van der Waals surface area contributed by atoms with Crippen LogP contribution in [-0.2, 0) is 9.47 Å². The molecule has 0 aromatic heterocycles. The lowest BCUT2D eigenvalue weighted by atomic mass is 10.1. The number of nitrogens with zero attached hydrogens (tertiary/aromatic N) is 1. The third-order valence-corrected chi connectivity index (χ3v) is 3.24. The summed E-state index contributed by atoms with van der Waals surface area (Å²) >= 11 is 0. The summed E-state index contributed by atoms with van der Waals surface area (Å²) in [6, 6.07) is 1.10. The number of ether oxygens (including phenoxy) is 2. The topological polar surface area (TPSA) is 33.7 Å². The van der Waals surface area contributed by atoms with Crippen molar-refractivity contribution in [2.45, 2.75) is 72.2 Å². The molecule has 1 N–H and O–H groups in total. The van der Waals surface area contributed by atoms with E-state index in [1.54, 1.807) is 7.11 Å². The average Bonchev–Trinajstić information content (AvgIpc) is 2.29. The maximum atomic E-state index is 5.98. The van der Waals surface area contributed by atoms with Gasteiger partial charge in [0.15, 0.2) is 0 Å². The minimum absolute atomic E-state index is 0.108. The van der Waals surface area contributed by atoms with Crippen LogP contribution in [-0.4, -0.2) is 62.0 Å². The molecule has 0 fully saturated rings. The normalized spacial score (nSPS) is 14.6. The molecule has 4 nitrogen and oxygen atoms in total. The standard InChI is InChI=1S/C16H36N2O2/c1-13(2)18(14(3)4)9-10-20-15(12-19-8)11-17-16(5,6)7/h13-15,17H,9-12H2,1-8H3. The molecule has 0 aromatic carbocycles. The second kappa shape index (κ2) is 9.72. The van der Waals surface area contributed by atoms with E-state index in [1.807, 2.05) is 0 Å². The quantitative estimate of drug-likeness (QED) is 0.670. The lowest BCUT2D eigenvalue weighted by molar-refractivity contribution is -0.0171. The van der Waals surface area contributed by atoms with Crippen LogP contribution in [0.1, 0.15) is 48.5 Å². The van der Waals surface area contributed by atoms with Crippen molar-refractivity contribution in [1.29, 1.82) is 0 Å². The fourth-order valence-electron chi connectivity index (χ4n) is 2.21. The van der Waals surface area contributed by atoms with Crippen molar-refractivity contribution in [3.05, 3.63) is 0 Å². The molecule has 0 aliphatic carbocycles. The highest BCUT2D eigenvalue weighted by molar-refractivity contribution is 4.74. The van der Waals surface area contributed by atoms with Gasteiger partial charge in [0.1, 0.15) is 0 Å². The Morgan fingerprint density at radius 1 is 1.05 bits per heavy atom. The van der Waals surface area contributed by atoms with Crippen molar-refractivity contribution in [2.75, 3.05) is 33.4 Å². The van der Waals surface area contributed by atoms with Crippen molar-refractivity contribution in [1.82, 2.24) is 10.2 Å². The maximum absolute atomic E-state index is 5.98. The zero-order valence-corrected chi connectivity index (χ0v) is 14.8. The maximum Gasteiger partial charge on any atom is 0.0933 e. The third-order valence-electron chi connectivity index (χ3n) is 3.24. The first kappa shape index (κ1) is 19.8. The molecule has 20 heavy (non-hydrogen) atoms. The van der Waals surface area contributed by atoms with Gasteiger partial charge in [-0.15, -0.1) is 0 Å². The smallest absolute Gasteiger partial charge is 0.0933 e. The van der Waals surface area contributed by atoms with E-state index in [9.17, 15) is 0 Å². The molecule has 0 aliphatic rings. The molecule has 0 aromatic rings. The minimum atomic E-state index is 0.108. The highest BCUT2D eigenvalue weighted by Gasteiger charge is 2.17. The summed E-state index contributed by atoms with van der Waals surface area (Å²) < 4.78 is 11.2. The van der Waals surface area contributed by atoms with Crippen LogP contribution in [0, 0.1) is 0 Å². The van der Waals surface area contributed by atoms with Gasteiger partial charge < -0.3 is 14.8 Å². The van der Waals surface area contributed by atoms with Gasteiger partial charge >= 0.3 is 0 Å². The van der Waals surface area contributed by atoms with Gasteiger partial charge in [0, 0.05) is 37.8 Å². The van der Waals surface area contributed by atoms with E-state index in [0.29, 0.717) is 18.7 Å². The predicted molar refractivity (Wildman–Crippen MR) is 86.3 cm³/mol. The van der Waals surface area contributed by atoms with Crippen molar-refractivity contribution in [2.24, 2.45) is 0 Å². The zero-order valence-electron chi connectivity index (χ0n) is 14.8. The second-order valence-electron chi connectivity index (χ2n) is 7.00. The summed E-state index contributed by atoms with van der Waals surface area (Å²) in [6.45, 7) is 18.6.